The van der Waals surface area contributed by atoms with E-state index in [4.69, 9.17) is 11.6 Å². The molecule has 0 aliphatic rings. The summed E-state index contributed by atoms with van der Waals surface area (Å²) in [7, 11) is -3.82. The Morgan fingerprint density at radius 3 is 2.10 bits per heavy atom. The van der Waals surface area contributed by atoms with Crippen LogP contribution in [-0.4, -0.2) is 34.1 Å². The van der Waals surface area contributed by atoms with Crippen LogP contribution in [0.3, 0.4) is 0 Å². The predicted octanol–water partition coefficient (Wildman–Crippen LogP) is 6.63. The van der Waals surface area contributed by atoms with Crippen molar-refractivity contribution in [3.8, 4) is 0 Å². The molecule has 39 heavy (non-hydrogen) atoms. The Labute approximate surface area is 217 Å². The maximum atomic E-state index is 14.9. The van der Waals surface area contributed by atoms with Crippen LogP contribution >= 0.6 is 11.6 Å². The highest BCUT2D eigenvalue weighted by Gasteiger charge is 2.81. The molecule has 2 atom stereocenters. The zero-order valence-electron chi connectivity index (χ0n) is 18.3. The summed E-state index contributed by atoms with van der Waals surface area (Å²) >= 11 is 5.65. The molecule has 0 bridgehead atoms. The van der Waals surface area contributed by atoms with Crippen molar-refractivity contribution in [2.75, 3.05) is 5.32 Å². The van der Waals surface area contributed by atoms with E-state index in [0.29, 0.717) is 10.1 Å². The molecule has 212 valence electrons. The highest BCUT2D eigenvalue weighted by atomic mass is 35.5. The standard InChI is InChI=1S/C21H10ClF11N2O3S/c22-12-7-11(18(25,20(28,29)30)19(26,27)21(31,32)33)8-14(39(38)17(23)24)15(12)34-16(36)10-4-3-9-2-1-5-35(37)13(9)6-10/h1-8,17H,(H,34,36). The lowest BCUT2D eigenvalue weighted by atomic mass is 9.87. The maximum Gasteiger partial charge on any atom is 0.457 e. The number of carbonyl (C=O) groups is 1. The quantitative estimate of drug-likeness (QED) is 0.192. The second-order valence-electron chi connectivity index (χ2n) is 7.68. The van der Waals surface area contributed by atoms with E-state index < -0.39 is 85.3 Å². The summed E-state index contributed by atoms with van der Waals surface area (Å²) in [5.74, 6) is -12.5. The van der Waals surface area contributed by atoms with Crippen LogP contribution in [-0.2, 0) is 16.5 Å². The van der Waals surface area contributed by atoms with E-state index in [-0.39, 0.29) is 5.52 Å². The van der Waals surface area contributed by atoms with Crippen molar-refractivity contribution >= 4 is 44.9 Å². The van der Waals surface area contributed by atoms with Crippen LogP contribution in [0.25, 0.3) is 10.9 Å². The maximum absolute atomic E-state index is 14.9. The Kier molecular flexibility index (Phi) is 7.84. The Bertz CT molecular complexity index is 1460. The van der Waals surface area contributed by atoms with Crippen LogP contribution in [0.2, 0.25) is 5.02 Å². The lowest BCUT2D eigenvalue weighted by Gasteiger charge is -2.36. The zero-order chi connectivity index (χ0) is 29.7. The summed E-state index contributed by atoms with van der Waals surface area (Å²) in [5.41, 5.74) is -10.9. The van der Waals surface area contributed by atoms with E-state index in [1.165, 1.54) is 18.2 Å². The van der Waals surface area contributed by atoms with Gasteiger partial charge in [0.1, 0.15) is 10.8 Å². The minimum atomic E-state index is -7.17. The monoisotopic (exact) mass is 614 g/mol. The molecule has 0 radical (unpaired) electrons. The molecular formula is C21H10ClF11N2O3S. The van der Waals surface area contributed by atoms with Crippen molar-refractivity contribution in [2.24, 2.45) is 0 Å². The van der Waals surface area contributed by atoms with Gasteiger partial charge in [-0.25, -0.2) is 8.60 Å². The number of benzene rings is 2. The fourth-order valence-electron chi connectivity index (χ4n) is 3.38. The third-order valence-electron chi connectivity index (χ3n) is 5.28. The Balaban J connectivity index is 2.22. The van der Waals surface area contributed by atoms with Gasteiger partial charge < -0.3 is 10.5 Å². The summed E-state index contributed by atoms with van der Waals surface area (Å²) in [6.07, 6.45) is -13.1. The molecule has 0 aliphatic carbocycles. The molecular weight excluding hydrogens is 605 g/mol. The molecule has 0 aliphatic heterocycles. The van der Waals surface area contributed by atoms with Crippen molar-refractivity contribution in [3.05, 3.63) is 70.0 Å². The number of carbonyl (C=O) groups excluding carboxylic acids is 1. The van der Waals surface area contributed by atoms with Gasteiger partial charge in [-0.2, -0.15) is 48.6 Å². The van der Waals surface area contributed by atoms with Crippen LogP contribution in [0, 0.1) is 5.21 Å². The number of fused-ring (bicyclic) bond motifs is 1. The number of pyridine rings is 1. The summed E-state index contributed by atoms with van der Waals surface area (Å²) in [5, 5.41) is 12.6. The van der Waals surface area contributed by atoms with Crippen molar-refractivity contribution in [1.82, 2.24) is 0 Å². The molecule has 1 aromatic heterocycles. The van der Waals surface area contributed by atoms with Crippen LogP contribution in [0.5, 0.6) is 0 Å². The highest BCUT2D eigenvalue weighted by molar-refractivity contribution is 7.85. The van der Waals surface area contributed by atoms with Crippen LogP contribution in [0.4, 0.5) is 54.0 Å². The number of nitrogens with one attached hydrogen (secondary N) is 1. The molecule has 0 saturated carbocycles. The van der Waals surface area contributed by atoms with Crippen LogP contribution in [0.15, 0.2) is 53.6 Å². The number of anilines is 1. The lowest BCUT2D eigenvalue weighted by Crippen LogP contribution is -2.59. The molecule has 5 nitrogen and oxygen atoms in total. The van der Waals surface area contributed by atoms with Crippen LogP contribution < -0.4 is 10.0 Å². The topological polar surface area (TPSA) is 73.1 Å². The van der Waals surface area contributed by atoms with Crippen molar-refractivity contribution in [3.63, 3.8) is 0 Å². The molecule has 2 aromatic carbocycles. The van der Waals surface area contributed by atoms with Crippen molar-refractivity contribution in [2.45, 2.75) is 34.6 Å². The van der Waals surface area contributed by atoms with Gasteiger partial charge in [-0.1, -0.05) is 11.6 Å². The molecule has 3 aromatic rings. The van der Waals surface area contributed by atoms with Gasteiger partial charge in [-0.15, -0.1) is 0 Å². The van der Waals surface area contributed by atoms with Gasteiger partial charge in [0.2, 0.25) is 5.52 Å². The smallest absolute Gasteiger partial charge is 0.457 e. The van der Waals surface area contributed by atoms with Crippen LogP contribution in [0.1, 0.15) is 15.9 Å². The average Bonchev–Trinajstić information content (AvgIpc) is 2.82. The van der Waals surface area contributed by atoms with Gasteiger partial charge in [0.15, 0.2) is 6.20 Å². The third kappa shape index (κ3) is 5.20. The number of amides is 1. The molecule has 2 unspecified atom stereocenters. The minimum Gasteiger partial charge on any atom is -0.618 e. The fourth-order valence-corrected chi connectivity index (χ4v) is 4.50. The zero-order valence-corrected chi connectivity index (χ0v) is 19.9. The second kappa shape index (κ2) is 10.1. The number of hydrogen-bond donors (Lipinski definition) is 1. The normalized spacial score (nSPS) is 15.3. The molecule has 0 fully saturated rings. The number of rotatable bonds is 6. The van der Waals surface area contributed by atoms with E-state index >= 15 is 0 Å². The summed E-state index contributed by atoms with van der Waals surface area (Å²) < 4.78 is 160. The van der Waals surface area contributed by atoms with Crippen molar-refractivity contribution < 1.29 is 62.0 Å². The largest absolute Gasteiger partial charge is 0.618 e. The number of hydrogen-bond acceptors (Lipinski definition) is 3. The highest BCUT2D eigenvalue weighted by Crippen LogP contribution is 2.59. The first-order chi connectivity index (χ1) is 17.7. The predicted molar refractivity (Wildman–Crippen MR) is 115 cm³/mol. The number of nitrogens with zero attached hydrogens (tertiary/aromatic N) is 1. The van der Waals surface area contributed by atoms with E-state index in [2.05, 4.69) is 0 Å². The fraction of sp³-hybridized carbons (Fsp3) is 0.238. The Morgan fingerprint density at radius 1 is 0.949 bits per heavy atom. The Morgan fingerprint density at radius 2 is 1.56 bits per heavy atom. The van der Waals surface area contributed by atoms with E-state index in [1.54, 1.807) is 5.32 Å². The van der Waals surface area contributed by atoms with E-state index in [9.17, 15) is 62.5 Å². The molecule has 3 rings (SSSR count). The van der Waals surface area contributed by atoms with Gasteiger partial charge in [-0.3, -0.25) is 4.79 Å². The van der Waals surface area contributed by atoms with Gasteiger partial charge in [0.05, 0.1) is 15.6 Å². The molecule has 18 heteroatoms. The number of aromatic nitrogens is 1. The first kappa shape index (κ1) is 30.3. The van der Waals surface area contributed by atoms with E-state index in [1.807, 2.05) is 0 Å². The first-order valence-electron chi connectivity index (χ1n) is 9.90. The van der Waals surface area contributed by atoms with Gasteiger partial charge in [0, 0.05) is 28.6 Å². The molecule has 0 spiro atoms. The third-order valence-corrected chi connectivity index (χ3v) is 6.65. The summed E-state index contributed by atoms with van der Waals surface area (Å²) in [6, 6.07) is 5.16. The summed E-state index contributed by atoms with van der Waals surface area (Å²) in [4.78, 5) is 11.0. The first-order valence-corrected chi connectivity index (χ1v) is 11.5. The van der Waals surface area contributed by atoms with Gasteiger partial charge in [-0.05, 0) is 30.3 Å². The number of halogens is 12. The number of alkyl halides is 11. The SMILES string of the molecule is O=C(Nc1c(Cl)cc(C(F)(C(F)(F)F)C(F)(F)C(F)(F)F)cc1S(=O)C(F)F)c1ccc2ccc[n+]([O-])c2c1. The van der Waals surface area contributed by atoms with Gasteiger partial charge >= 0.3 is 29.7 Å². The lowest BCUT2D eigenvalue weighted by molar-refractivity contribution is -0.577. The second-order valence-corrected chi connectivity index (χ2v) is 9.48. The minimum absolute atomic E-state index is 0.0928. The molecule has 1 heterocycles. The molecule has 1 N–H and O–H groups in total. The Hall–Kier alpha value is -3.21. The van der Waals surface area contributed by atoms with Gasteiger partial charge in [0.25, 0.3) is 5.91 Å². The van der Waals surface area contributed by atoms with Crippen molar-refractivity contribution in [1.29, 1.82) is 0 Å². The molecule has 0 saturated heterocycles. The van der Waals surface area contributed by atoms with E-state index in [0.717, 1.165) is 18.3 Å². The average molecular weight is 615 g/mol. The molecule has 1 amide bonds. The summed E-state index contributed by atoms with van der Waals surface area (Å²) in [6.45, 7) is 0.